The van der Waals surface area contributed by atoms with Crippen molar-refractivity contribution < 1.29 is 18.3 Å². The van der Waals surface area contributed by atoms with Crippen molar-refractivity contribution in [3.8, 4) is 5.75 Å². The first-order valence-corrected chi connectivity index (χ1v) is 7.46. The summed E-state index contributed by atoms with van der Waals surface area (Å²) in [5.41, 5.74) is 0.874. The molecule has 130 valence electrons. The smallest absolute Gasteiger partial charge is 0.262 e. The van der Waals surface area contributed by atoms with Crippen molar-refractivity contribution in [3.63, 3.8) is 0 Å². The summed E-state index contributed by atoms with van der Waals surface area (Å²) in [6, 6.07) is 6.58. The summed E-state index contributed by atoms with van der Waals surface area (Å²) in [4.78, 5) is 11.9. The molecule has 2 N–H and O–H groups in total. The molecule has 0 aliphatic carbocycles. The van der Waals surface area contributed by atoms with E-state index in [0.717, 1.165) is 11.3 Å². The predicted octanol–water partition coefficient (Wildman–Crippen LogP) is 2.76. The van der Waals surface area contributed by atoms with Crippen molar-refractivity contribution in [1.82, 2.24) is 10.6 Å². The number of hydrogen-bond acceptors (Lipinski definition) is 3. The molecule has 1 atom stereocenters. The second kappa shape index (κ2) is 8.45. The molecular formula is C16H23ClF2N2O2. The number of ether oxygens (including phenoxy) is 1. The van der Waals surface area contributed by atoms with Crippen LogP contribution in [0.1, 0.15) is 25.8 Å². The fourth-order valence-electron chi connectivity index (χ4n) is 2.22. The van der Waals surface area contributed by atoms with Gasteiger partial charge in [-0.1, -0.05) is 26.0 Å². The van der Waals surface area contributed by atoms with Crippen molar-refractivity contribution in [2.24, 2.45) is 5.92 Å². The van der Waals surface area contributed by atoms with E-state index in [-0.39, 0.29) is 12.4 Å². The van der Waals surface area contributed by atoms with Gasteiger partial charge in [0.05, 0.1) is 19.2 Å². The fourth-order valence-corrected chi connectivity index (χ4v) is 2.22. The quantitative estimate of drug-likeness (QED) is 0.831. The molecule has 1 aliphatic heterocycles. The minimum Gasteiger partial charge on any atom is -0.493 e. The van der Waals surface area contributed by atoms with Crippen LogP contribution in [0.25, 0.3) is 0 Å². The highest BCUT2D eigenvalue weighted by molar-refractivity contribution is 5.85. The zero-order chi connectivity index (χ0) is 16.2. The lowest BCUT2D eigenvalue weighted by Crippen LogP contribution is -2.40. The van der Waals surface area contributed by atoms with E-state index in [4.69, 9.17) is 4.74 Å². The highest BCUT2D eigenvalue weighted by Gasteiger charge is 2.42. The van der Waals surface area contributed by atoms with Crippen LogP contribution in [0.5, 0.6) is 5.75 Å². The molecule has 1 fully saturated rings. The van der Waals surface area contributed by atoms with Gasteiger partial charge in [0.25, 0.3) is 5.92 Å². The second-order valence-corrected chi connectivity index (χ2v) is 6.06. The maximum absolute atomic E-state index is 13.1. The van der Waals surface area contributed by atoms with Gasteiger partial charge >= 0.3 is 0 Å². The van der Waals surface area contributed by atoms with Gasteiger partial charge < -0.3 is 10.1 Å². The number of carbonyl (C=O) groups excluding carboxylic acids is 1. The third-order valence-corrected chi connectivity index (χ3v) is 3.37. The standard InChI is InChI=1S/C16H22F2N2O2.ClH/c1-11(2)9-22-13-5-3-4-12(6-13)8-19-15(21)14-7-16(17,18)10-20-14;/h3-6,11,14,20H,7-10H2,1-2H3,(H,19,21);1H. The minimum absolute atomic E-state index is 0. The van der Waals surface area contributed by atoms with Crippen LogP contribution in [-0.2, 0) is 11.3 Å². The van der Waals surface area contributed by atoms with E-state index in [2.05, 4.69) is 24.5 Å². The maximum Gasteiger partial charge on any atom is 0.262 e. The monoisotopic (exact) mass is 348 g/mol. The molecule has 0 spiro atoms. The Balaban J connectivity index is 0.00000264. The van der Waals surface area contributed by atoms with Crippen molar-refractivity contribution in [2.75, 3.05) is 13.2 Å². The van der Waals surface area contributed by atoms with E-state index < -0.39 is 30.8 Å². The van der Waals surface area contributed by atoms with Gasteiger partial charge in [-0.15, -0.1) is 12.4 Å². The fraction of sp³-hybridized carbons (Fsp3) is 0.562. The Hall–Kier alpha value is -1.40. The van der Waals surface area contributed by atoms with Crippen molar-refractivity contribution >= 4 is 18.3 Å². The highest BCUT2D eigenvalue weighted by Crippen LogP contribution is 2.25. The zero-order valence-corrected chi connectivity index (χ0v) is 14.1. The molecule has 7 heteroatoms. The van der Waals surface area contributed by atoms with Crippen LogP contribution in [0.3, 0.4) is 0 Å². The summed E-state index contributed by atoms with van der Waals surface area (Å²) in [6.07, 6.45) is -0.448. The number of carbonyl (C=O) groups is 1. The van der Waals surface area contributed by atoms with Gasteiger partial charge in [0, 0.05) is 13.0 Å². The summed E-state index contributed by atoms with van der Waals surface area (Å²) < 4.78 is 31.7. The van der Waals surface area contributed by atoms with Gasteiger partial charge in [0.2, 0.25) is 5.91 Å². The Morgan fingerprint density at radius 2 is 2.22 bits per heavy atom. The second-order valence-electron chi connectivity index (χ2n) is 6.06. The molecule has 1 aliphatic rings. The molecular weight excluding hydrogens is 326 g/mol. The van der Waals surface area contributed by atoms with Gasteiger partial charge in [0.1, 0.15) is 5.75 Å². The summed E-state index contributed by atoms with van der Waals surface area (Å²) in [5, 5.41) is 5.22. The molecule has 1 heterocycles. The lowest BCUT2D eigenvalue weighted by atomic mass is 10.1. The SMILES string of the molecule is CC(C)COc1cccc(CNC(=O)C2CC(F)(F)CN2)c1.Cl. The summed E-state index contributed by atoms with van der Waals surface area (Å²) >= 11 is 0. The van der Waals surface area contributed by atoms with E-state index in [9.17, 15) is 13.6 Å². The molecule has 23 heavy (non-hydrogen) atoms. The first-order chi connectivity index (χ1) is 10.4. The van der Waals surface area contributed by atoms with Crippen LogP contribution in [-0.4, -0.2) is 31.0 Å². The largest absolute Gasteiger partial charge is 0.493 e. The maximum atomic E-state index is 13.1. The third kappa shape index (κ3) is 6.31. The van der Waals surface area contributed by atoms with E-state index in [1.165, 1.54) is 0 Å². The molecule has 1 amide bonds. The molecule has 1 saturated heterocycles. The van der Waals surface area contributed by atoms with Crippen molar-refractivity contribution in [1.29, 1.82) is 0 Å². The Morgan fingerprint density at radius 1 is 1.48 bits per heavy atom. The lowest BCUT2D eigenvalue weighted by molar-refractivity contribution is -0.123. The minimum atomic E-state index is -2.80. The molecule has 1 aromatic rings. The highest BCUT2D eigenvalue weighted by atomic mass is 35.5. The molecule has 0 radical (unpaired) electrons. The van der Waals surface area contributed by atoms with Gasteiger partial charge in [-0.05, 0) is 23.6 Å². The average Bonchev–Trinajstić information content (AvgIpc) is 2.83. The van der Waals surface area contributed by atoms with Crippen LogP contribution in [0.15, 0.2) is 24.3 Å². The summed E-state index contributed by atoms with van der Waals surface area (Å²) in [5.74, 6) is -2.03. The van der Waals surface area contributed by atoms with Crippen LogP contribution in [0.4, 0.5) is 8.78 Å². The van der Waals surface area contributed by atoms with E-state index in [0.29, 0.717) is 19.1 Å². The third-order valence-electron chi connectivity index (χ3n) is 3.37. The van der Waals surface area contributed by atoms with E-state index in [1.54, 1.807) is 0 Å². The average molecular weight is 349 g/mol. The normalized spacial score (nSPS) is 19.3. The zero-order valence-electron chi connectivity index (χ0n) is 13.3. The number of alkyl halides is 2. The van der Waals surface area contributed by atoms with Crippen molar-refractivity contribution in [3.05, 3.63) is 29.8 Å². The van der Waals surface area contributed by atoms with Gasteiger partial charge in [-0.3, -0.25) is 10.1 Å². The molecule has 0 bridgehead atoms. The van der Waals surface area contributed by atoms with E-state index in [1.807, 2.05) is 24.3 Å². The number of nitrogens with one attached hydrogen (secondary N) is 2. The van der Waals surface area contributed by atoms with Crippen LogP contribution in [0, 0.1) is 5.92 Å². The van der Waals surface area contributed by atoms with Gasteiger partial charge in [0.15, 0.2) is 0 Å². The topological polar surface area (TPSA) is 50.4 Å². The Morgan fingerprint density at radius 3 is 2.83 bits per heavy atom. The number of rotatable bonds is 6. The van der Waals surface area contributed by atoms with Crippen LogP contribution in [0.2, 0.25) is 0 Å². The lowest BCUT2D eigenvalue weighted by Gasteiger charge is -2.13. The van der Waals surface area contributed by atoms with Crippen LogP contribution >= 0.6 is 12.4 Å². The van der Waals surface area contributed by atoms with Gasteiger partial charge in [-0.25, -0.2) is 8.78 Å². The summed E-state index contributed by atoms with van der Waals surface area (Å²) in [7, 11) is 0. The number of benzene rings is 1. The molecule has 2 rings (SSSR count). The molecule has 0 aromatic heterocycles. The Labute approximate surface area is 141 Å². The first kappa shape index (κ1) is 19.6. The number of halogens is 3. The van der Waals surface area contributed by atoms with Crippen molar-refractivity contribution in [2.45, 2.75) is 38.8 Å². The summed E-state index contributed by atoms with van der Waals surface area (Å²) in [6.45, 7) is 4.60. The molecule has 4 nitrogen and oxygen atoms in total. The molecule has 0 saturated carbocycles. The number of hydrogen-bond donors (Lipinski definition) is 2. The predicted molar refractivity (Wildman–Crippen MR) is 87.2 cm³/mol. The first-order valence-electron chi connectivity index (χ1n) is 7.46. The molecule has 1 aromatic carbocycles. The molecule has 1 unspecified atom stereocenters. The van der Waals surface area contributed by atoms with E-state index >= 15 is 0 Å². The van der Waals surface area contributed by atoms with Crippen LogP contribution < -0.4 is 15.4 Å². The number of amides is 1. The Bertz CT molecular complexity index is 527. The Kier molecular flexibility index (Phi) is 7.22. The van der Waals surface area contributed by atoms with Gasteiger partial charge in [-0.2, -0.15) is 0 Å².